The minimum absolute atomic E-state index is 0.403. The third-order valence-electron chi connectivity index (χ3n) is 10.9. The van der Waals surface area contributed by atoms with Gasteiger partial charge in [-0.2, -0.15) is 0 Å². The molecular weight excluding hydrogens is 637 g/mol. The van der Waals surface area contributed by atoms with Gasteiger partial charge in [-0.3, -0.25) is 0 Å². The Balaban J connectivity index is 1.13. The largest absolute Gasteiger partial charge is 0.228 e. The molecule has 0 amide bonds. The van der Waals surface area contributed by atoms with Crippen LogP contribution in [0.3, 0.4) is 0 Å². The molecule has 238 valence electrons. The van der Waals surface area contributed by atoms with E-state index >= 15 is 0 Å². The maximum absolute atomic E-state index is 5.33. The van der Waals surface area contributed by atoms with Gasteiger partial charge in [0.1, 0.15) is 0 Å². The first-order chi connectivity index (χ1) is 25.3. The Morgan fingerprint density at radius 1 is 0.490 bits per heavy atom. The number of fused-ring (bicyclic) bond motifs is 9. The number of hydrogen-bond donors (Lipinski definition) is 0. The van der Waals surface area contributed by atoms with Crippen LogP contribution in [-0.2, 0) is 11.8 Å². The molecule has 11 rings (SSSR count). The smallest absolute Gasteiger partial charge is 0.160 e. The van der Waals surface area contributed by atoms with Gasteiger partial charge in [0.15, 0.2) is 5.82 Å². The van der Waals surface area contributed by atoms with Crippen LogP contribution in [0.2, 0.25) is 0 Å². The van der Waals surface area contributed by atoms with Gasteiger partial charge in [0.05, 0.1) is 16.8 Å². The summed E-state index contributed by atoms with van der Waals surface area (Å²) in [6.45, 7) is 0. The third kappa shape index (κ3) is 4.19. The molecule has 0 bridgehead atoms. The zero-order chi connectivity index (χ0) is 33.5. The zero-order valence-electron chi connectivity index (χ0n) is 27.7. The first-order valence-electron chi connectivity index (χ1n) is 17.5. The van der Waals surface area contributed by atoms with E-state index in [1.807, 2.05) is 11.8 Å². The molecule has 0 unspecified atom stereocenters. The van der Waals surface area contributed by atoms with Crippen molar-refractivity contribution in [2.75, 3.05) is 0 Å². The maximum Gasteiger partial charge on any atom is 0.160 e. The highest BCUT2D eigenvalue weighted by Crippen LogP contribution is 2.62. The number of rotatable bonds is 3. The van der Waals surface area contributed by atoms with E-state index < -0.39 is 5.41 Å². The summed E-state index contributed by atoms with van der Waals surface area (Å²) in [6.07, 6.45) is 5.49. The topological polar surface area (TPSA) is 25.8 Å². The molecule has 0 saturated heterocycles. The van der Waals surface area contributed by atoms with Gasteiger partial charge >= 0.3 is 0 Å². The van der Waals surface area contributed by atoms with Crippen LogP contribution < -0.4 is 0 Å². The number of allylic oxidation sites excluding steroid dienone is 1. The summed E-state index contributed by atoms with van der Waals surface area (Å²) >= 11 is 1.85. The molecule has 1 aliphatic heterocycles. The van der Waals surface area contributed by atoms with E-state index in [4.69, 9.17) is 9.97 Å². The van der Waals surface area contributed by atoms with Crippen molar-refractivity contribution in [2.24, 2.45) is 0 Å². The van der Waals surface area contributed by atoms with Gasteiger partial charge < -0.3 is 0 Å². The fourth-order valence-electron chi connectivity index (χ4n) is 8.78. The van der Waals surface area contributed by atoms with Gasteiger partial charge in [-0.1, -0.05) is 151 Å². The lowest BCUT2D eigenvalue weighted by Gasteiger charge is -2.39. The normalized spacial score (nSPS) is 14.2. The lowest BCUT2D eigenvalue weighted by molar-refractivity contribution is 0.722. The molecule has 8 aromatic rings. The van der Waals surface area contributed by atoms with E-state index in [1.165, 1.54) is 65.1 Å². The average molecular weight is 667 g/mol. The highest BCUT2D eigenvalue weighted by Gasteiger charge is 2.50. The predicted molar refractivity (Wildman–Crippen MR) is 210 cm³/mol. The summed E-state index contributed by atoms with van der Waals surface area (Å²) in [5, 5.41) is 2.59. The summed E-state index contributed by atoms with van der Waals surface area (Å²) < 4.78 is 0. The van der Waals surface area contributed by atoms with Gasteiger partial charge in [-0.05, 0) is 92.0 Å². The molecule has 3 aliphatic rings. The van der Waals surface area contributed by atoms with Crippen LogP contribution in [0.25, 0.3) is 61.9 Å². The van der Waals surface area contributed by atoms with Crippen LogP contribution in [0.1, 0.15) is 33.4 Å². The van der Waals surface area contributed by atoms with Gasteiger partial charge in [0, 0.05) is 26.5 Å². The fourth-order valence-corrected chi connectivity index (χ4v) is 10.0. The number of hydrogen-bond acceptors (Lipinski definition) is 3. The van der Waals surface area contributed by atoms with Crippen LogP contribution in [0.15, 0.2) is 174 Å². The molecule has 51 heavy (non-hydrogen) atoms. The minimum Gasteiger partial charge on any atom is -0.228 e. The molecule has 1 aromatic heterocycles. The summed E-state index contributed by atoms with van der Waals surface area (Å²) in [5.41, 5.74) is 15.2. The third-order valence-corrected chi connectivity index (χ3v) is 12.1. The van der Waals surface area contributed by atoms with Gasteiger partial charge in [0.25, 0.3) is 0 Å². The molecule has 0 radical (unpaired) electrons. The lowest BCUT2D eigenvalue weighted by Crippen LogP contribution is -2.31. The van der Waals surface area contributed by atoms with Gasteiger partial charge in [0.2, 0.25) is 0 Å². The Labute approximate surface area is 301 Å². The SMILES string of the molecule is C1=Cc2cc(-c3cc(-c4ccccc4)nc(-c4ccc5c(c4)Sc4ccccc4C54c5ccccc5-c5ccccc54)n3)cc3cccc(c23)C1. The second-order valence-corrected chi connectivity index (χ2v) is 14.7. The van der Waals surface area contributed by atoms with Crippen LogP contribution in [0, 0.1) is 0 Å². The van der Waals surface area contributed by atoms with Crippen LogP contribution >= 0.6 is 11.8 Å². The van der Waals surface area contributed by atoms with E-state index in [1.54, 1.807) is 0 Å². The van der Waals surface area contributed by atoms with E-state index in [2.05, 4.69) is 170 Å². The van der Waals surface area contributed by atoms with Crippen molar-refractivity contribution in [1.82, 2.24) is 9.97 Å². The van der Waals surface area contributed by atoms with Gasteiger partial charge in [-0.25, -0.2) is 9.97 Å². The molecule has 1 spiro atoms. The Hall–Kier alpha value is -6.03. The Kier molecular flexibility index (Phi) is 6.20. The number of nitrogens with zero attached hydrogens (tertiary/aromatic N) is 2. The fraction of sp³-hybridized carbons (Fsp3) is 0.0417. The number of benzene rings is 7. The van der Waals surface area contributed by atoms with Crippen molar-refractivity contribution < 1.29 is 0 Å². The minimum atomic E-state index is -0.403. The first-order valence-corrected chi connectivity index (χ1v) is 18.4. The number of aromatic nitrogens is 2. The summed E-state index contributed by atoms with van der Waals surface area (Å²) in [5.74, 6) is 0.730. The Bertz CT molecular complexity index is 2720. The van der Waals surface area contributed by atoms with E-state index in [-0.39, 0.29) is 0 Å². The van der Waals surface area contributed by atoms with E-state index in [0.29, 0.717) is 0 Å². The van der Waals surface area contributed by atoms with E-state index in [9.17, 15) is 0 Å². The average Bonchev–Trinajstić information content (AvgIpc) is 3.49. The Morgan fingerprint density at radius 3 is 1.98 bits per heavy atom. The van der Waals surface area contributed by atoms with Crippen molar-refractivity contribution in [3.05, 3.63) is 197 Å². The molecule has 7 aromatic carbocycles. The molecule has 2 heterocycles. The summed E-state index contributed by atoms with van der Waals surface area (Å²) in [4.78, 5) is 13.1. The van der Waals surface area contributed by atoms with Crippen molar-refractivity contribution in [3.8, 4) is 45.0 Å². The maximum atomic E-state index is 5.33. The standard InChI is InChI=1S/C48H30N2S/c1-2-12-30(13-3-1)42-29-43(35-26-32-16-10-14-31-15-11-17-33(27-35)46(31)32)50-47(49-42)34-24-25-41-45(28-34)51-44-23-9-8-22-40(44)48(41)38-20-6-4-18-36(38)37-19-5-7-21-39(37)48/h1-14,16-29H,15H2. The molecule has 3 heteroatoms. The summed E-state index contributed by atoms with van der Waals surface area (Å²) in [6, 6.07) is 57.6. The molecule has 0 saturated carbocycles. The van der Waals surface area contributed by atoms with Crippen LogP contribution in [-0.4, -0.2) is 9.97 Å². The molecule has 0 N–H and O–H groups in total. The highest BCUT2D eigenvalue weighted by molar-refractivity contribution is 7.99. The van der Waals surface area contributed by atoms with E-state index in [0.717, 1.165) is 40.3 Å². The molecule has 2 aliphatic carbocycles. The van der Waals surface area contributed by atoms with Gasteiger partial charge in [-0.15, -0.1) is 0 Å². The monoisotopic (exact) mass is 666 g/mol. The molecule has 0 atom stereocenters. The highest BCUT2D eigenvalue weighted by atomic mass is 32.2. The van der Waals surface area contributed by atoms with Crippen LogP contribution in [0.5, 0.6) is 0 Å². The first kappa shape index (κ1) is 28.8. The Morgan fingerprint density at radius 2 is 1.18 bits per heavy atom. The zero-order valence-corrected chi connectivity index (χ0v) is 28.5. The van der Waals surface area contributed by atoms with Crippen molar-refractivity contribution in [3.63, 3.8) is 0 Å². The molecule has 0 fully saturated rings. The molecular formula is C48H30N2S. The van der Waals surface area contributed by atoms with Crippen molar-refractivity contribution >= 4 is 28.6 Å². The lowest BCUT2D eigenvalue weighted by atomic mass is 9.67. The summed E-state index contributed by atoms with van der Waals surface area (Å²) in [7, 11) is 0. The predicted octanol–water partition coefficient (Wildman–Crippen LogP) is 12.0. The van der Waals surface area contributed by atoms with Crippen molar-refractivity contribution in [2.45, 2.75) is 21.6 Å². The quantitative estimate of drug-likeness (QED) is 0.188. The molecule has 2 nitrogen and oxygen atoms in total. The second kappa shape index (κ2) is 11.0. The van der Waals surface area contributed by atoms with Crippen molar-refractivity contribution in [1.29, 1.82) is 0 Å². The van der Waals surface area contributed by atoms with Crippen LogP contribution in [0.4, 0.5) is 0 Å². The second-order valence-electron chi connectivity index (χ2n) is 13.7.